The lowest BCUT2D eigenvalue weighted by Crippen LogP contribution is -2.47. The molecular weight excluding hydrogens is 448 g/mol. The second kappa shape index (κ2) is 10.0. The largest absolute Gasteiger partial charge is 0.379 e. The number of rotatable bonds is 5. The van der Waals surface area contributed by atoms with E-state index >= 15 is 0 Å². The molecule has 0 radical (unpaired) electrons. The Hall–Kier alpha value is -3.24. The first-order chi connectivity index (χ1) is 17.7. The van der Waals surface area contributed by atoms with Crippen molar-refractivity contribution in [2.75, 3.05) is 39.4 Å². The Labute approximate surface area is 212 Å². The Morgan fingerprint density at radius 3 is 2.61 bits per heavy atom. The molecule has 4 heterocycles. The van der Waals surface area contributed by atoms with Crippen molar-refractivity contribution in [2.24, 2.45) is 5.92 Å². The van der Waals surface area contributed by atoms with Gasteiger partial charge in [-0.1, -0.05) is 36.4 Å². The Morgan fingerprint density at radius 2 is 1.75 bits per heavy atom. The Kier molecular flexibility index (Phi) is 6.45. The van der Waals surface area contributed by atoms with Crippen molar-refractivity contribution < 1.29 is 4.74 Å². The molecule has 3 aliphatic rings. The van der Waals surface area contributed by atoms with Crippen molar-refractivity contribution >= 4 is 0 Å². The number of nitriles is 1. The van der Waals surface area contributed by atoms with Crippen molar-refractivity contribution in [3.05, 3.63) is 93.4 Å². The number of piperidine rings is 1. The van der Waals surface area contributed by atoms with Crippen LogP contribution in [-0.4, -0.2) is 53.8 Å². The predicted octanol–water partition coefficient (Wildman–Crippen LogP) is 3.84. The Morgan fingerprint density at radius 1 is 0.889 bits per heavy atom. The number of fused-ring (bicyclic) bond motifs is 4. The number of morpholine rings is 1. The van der Waals surface area contributed by atoms with Gasteiger partial charge < -0.3 is 9.30 Å². The van der Waals surface area contributed by atoms with Gasteiger partial charge in [-0.05, 0) is 53.3 Å². The molecule has 3 aromatic rings. The van der Waals surface area contributed by atoms with E-state index in [1.165, 1.54) is 16.8 Å². The van der Waals surface area contributed by atoms with Crippen molar-refractivity contribution in [1.82, 2.24) is 14.4 Å². The molecule has 0 aliphatic carbocycles. The molecule has 6 nitrogen and oxygen atoms in total. The highest BCUT2D eigenvalue weighted by Crippen LogP contribution is 2.36. The van der Waals surface area contributed by atoms with Gasteiger partial charge in [-0.3, -0.25) is 14.6 Å². The van der Waals surface area contributed by atoms with Gasteiger partial charge in [-0.25, -0.2) is 0 Å². The summed E-state index contributed by atoms with van der Waals surface area (Å²) < 4.78 is 7.57. The highest BCUT2D eigenvalue weighted by molar-refractivity contribution is 5.66. The zero-order chi connectivity index (χ0) is 24.5. The maximum Gasteiger partial charge on any atom is 0.258 e. The molecule has 1 aromatic heterocycles. The Balaban J connectivity index is 1.25. The number of aromatic nitrogens is 1. The fourth-order valence-corrected chi connectivity index (χ4v) is 6.30. The van der Waals surface area contributed by atoms with Crippen LogP contribution < -0.4 is 5.56 Å². The number of pyridine rings is 1. The van der Waals surface area contributed by atoms with Gasteiger partial charge in [0.25, 0.3) is 5.56 Å². The van der Waals surface area contributed by atoms with Gasteiger partial charge >= 0.3 is 0 Å². The fraction of sp³-hybridized carbons (Fsp3) is 0.400. The predicted molar refractivity (Wildman–Crippen MR) is 140 cm³/mol. The first-order valence-electron chi connectivity index (χ1n) is 13.0. The van der Waals surface area contributed by atoms with Crippen LogP contribution in [0.25, 0.3) is 11.1 Å². The minimum absolute atomic E-state index is 0.145. The summed E-state index contributed by atoms with van der Waals surface area (Å²) in [4.78, 5) is 18.7. The highest BCUT2D eigenvalue weighted by atomic mass is 16.5. The van der Waals surface area contributed by atoms with Crippen LogP contribution >= 0.6 is 0 Å². The minimum atomic E-state index is 0.145. The zero-order valence-corrected chi connectivity index (χ0v) is 20.6. The standard InChI is InChI=1S/C30H32N4O2/c31-16-22-4-3-5-23(14-22)17-33-18-24-15-26(21-33)29-9-8-28(30(35)34(29)19-24)27-7-2-1-6-25(27)20-32-10-12-36-13-11-32/h1-9,14,24,26H,10-13,15,17-21H2/t24-,26+/m0/s1. The lowest BCUT2D eigenvalue weighted by atomic mass is 9.82. The molecule has 3 aliphatic heterocycles. The van der Waals surface area contributed by atoms with E-state index in [-0.39, 0.29) is 5.56 Å². The molecular formula is C30H32N4O2. The number of likely N-dealkylation sites (tertiary alicyclic amines) is 1. The molecule has 0 amide bonds. The first kappa shape index (κ1) is 23.2. The molecule has 2 atom stereocenters. The second-order valence-corrected chi connectivity index (χ2v) is 10.4. The summed E-state index contributed by atoms with van der Waals surface area (Å²) in [6.07, 6.45) is 1.14. The van der Waals surface area contributed by atoms with Crippen LogP contribution in [0.15, 0.2) is 65.5 Å². The average Bonchev–Trinajstić information content (AvgIpc) is 2.90. The molecule has 6 heteroatoms. The van der Waals surface area contributed by atoms with Gasteiger partial charge in [0.2, 0.25) is 0 Å². The lowest BCUT2D eigenvalue weighted by Gasteiger charge is -2.43. The van der Waals surface area contributed by atoms with Crippen LogP contribution in [0.3, 0.4) is 0 Å². The molecule has 2 aromatic carbocycles. The summed E-state index contributed by atoms with van der Waals surface area (Å²) in [7, 11) is 0. The number of nitrogens with zero attached hydrogens (tertiary/aromatic N) is 4. The van der Waals surface area contributed by atoms with Crippen LogP contribution in [0.2, 0.25) is 0 Å². The quantitative estimate of drug-likeness (QED) is 0.555. The summed E-state index contributed by atoms with van der Waals surface area (Å²) in [6, 6.07) is 22.8. The van der Waals surface area contributed by atoms with Crippen molar-refractivity contribution in [2.45, 2.75) is 32.0 Å². The maximum absolute atomic E-state index is 13.8. The molecule has 6 rings (SSSR count). The monoisotopic (exact) mass is 480 g/mol. The van der Waals surface area contributed by atoms with Gasteiger partial charge in [0.15, 0.2) is 0 Å². The SMILES string of the molecule is N#Cc1cccc(CN2C[C@@H]3C[C@H](C2)c2ccc(-c4ccccc4CN4CCOCC4)c(=O)n2C3)c1. The molecule has 2 saturated heterocycles. The number of ether oxygens (including phenoxy) is 1. The summed E-state index contributed by atoms with van der Waals surface area (Å²) in [5.74, 6) is 0.828. The number of hydrogen-bond donors (Lipinski definition) is 0. The smallest absolute Gasteiger partial charge is 0.258 e. The van der Waals surface area contributed by atoms with Crippen LogP contribution in [0.5, 0.6) is 0 Å². The number of hydrogen-bond acceptors (Lipinski definition) is 5. The van der Waals surface area contributed by atoms with E-state index in [0.29, 0.717) is 17.4 Å². The molecule has 0 unspecified atom stereocenters. The highest BCUT2D eigenvalue weighted by Gasteiger charge is 2.35. The van der Waals surface area contributed by atoms with Crippen molar-refractivity contribution in [1.29, 1.82) is 5.26 Å². The van der Waals surface area contributed by atoms with E-state index in [1.54, 1.807) is 0 Å². The van der Waals surface area contributed by atoms with Crippen LogP contribution in [0.4, 0.5) is 0 Å². The molecule has 184 valence electrons. The van der Waals surface area contributed by atoms with Gasteiger partial charge in [-0.15, -0.1) is 0 Å². The third kappa shape index (κ3) is 4.62. The van der Waals surface area contributed by atoms with Crippen LogP contribution in [-0.2, 0) is 24.4 Å². The minimum Gasteiger partial charge on any atom is -0.379 e. The van der Waals surface area contributed by atoms with E-state index in [1.807, 2.05) is 24.3 Å². The van der Waals surface area contributed by atoms with E-state index in [4.69, 9.17) is 4.74 Å². The lowest BCUT2D eigenvalue weighted by molar-refractivity contribution is 0.0342. The van der Waals surface area contributed by atoms with Crippen molar-refractivity contribution in [3.63, 3.8) is 0 Å². The van der Waals surface area contributed by atoms with E-state index in [9.17, 15) is 10.1 Å². The molecule has 0 N–H and O–H groups in total. The van der Waals surface area contributed by atoms with Gasteiger partial charge in [0.05, 0.1) is 24.8 Å². The summed E-state index contributed by atoms with van der Waals surface area (Å²) in [5, 5.41) is 9.24. The average molecular weight is 481 g/mol. The topological polar surface area (TPSA) is 61.5 Å². The Bertz CT molecular complexity index is 1350. The second-order valence-electron chi connectivity index (χ2n) is 10.4. The fourth-order valence-electron chi connectivity index (χ4n) is 6.30. The normalized spacial score (nSPS) is 22.1. The third-order valence-corrected chi connectivity index (χ3v) is 7.95. The van der Waals surface area contributed by atoms with E-state index in [2.05, 4.69) is 56.8 Å². The molecule has 0 spiro atoms. The van der Waals surface area contributed by atoms with Gasteiger partial charge in [-0.2, -0.15) is 5.26 Å². The van der Waals surface area contributed by atoms with Crippen molar-refractivity contribution in [3.8, 4) is 17.2 Å². The van der Waals surface area contributed by atoms with Crippen LogP contribution in [0.1, 0.15) is 34.7 Å². The molecule has 36 heavy (non-hydrogen) atoms. The van der Waals surface area contributed by atoms with Gasteiger partial charge in [0, 0.05) is 63.0 Å². The maximum atomic E-state index is 13.8. The summed E-state index contributed by atoms with van der Waals surface area (Å²) in [5.41, 5.74) is 6.28. The zero-order valence-electron chi connectivity index (χ0n) is 20.6. The van der Waals surface area contributed by atoms with E-state index < -0.39 is 0 Å². The molecule has 2 fully saturated rings. The molecule has 0 saturated carbocycles. The third-order valence-electron chi connectivity index (χ3n) is 7.95. The van der Waals surface area contributed by atoms with Gasteiger partial charge in [0.1, 0.15) is 0 Å². The summed E-state index contributed by atoms with van der Waals surface area (Å²) in [6.45, 7) is 7.79. The summed E-state index contributed by atoms with van der Waals surface area (Å²) >= 11 is 0. The number of benzene rings is 2. The first-order valence-corrected chi connectivity index (χ1v) is 13.0. The molecule has 2 bridgehead atoms. The van der Waals surface area contributed by atoms with Crippen LogP contribution in [0, 0.1) is 17.2 Å². The van der Waals surface area contributed by atoms with E-state index in [0.717, 1.165) is 76.6 Å².